The minimum absolute atomic E-state index is 0.817. The summed E-state index contributed by atoms with van der Waals surface area (Å²) in [5.74, 6) is 0.817. The number of rotatable bonds is 6. The lowest BCUT2D eigenvalue weighted by Crippen LogP contribution is -1.99. The molecule has 16 heavy (non-hydrogen) atoms. The van der Waals surface area contributed by atoms with E-state index in [1.807, 2.05) is 18.5 Å². The van der Waals surface area contributed by atoms with Crippen molar-refractivity contribution in [2.75, 3.05) is 0 Å². The largest absolute Gasteiger partial charge is 0.252 e. The summed E-state index contributed by atoms with van der Waals surface area (Å²) < 4.78 is 1.96. The first-order chi connectivity index (χ1) is 7.72. The van der Waals surface area contributed by atoms with Gasteiger partial charge in [0.05, 0.1) is 5.69 Å². The third-order valence-electron chi connectivity index (χ3n) is 2.37. The van der Waals surface area contributed by atoms with Crippen molar-refractivity contribution in [3.8, 4) is 0 Å². The Kier molecular flexibility index (Phi) is 8.87. The summed E-state index contributed by atoms with van der Waals surface area (Å²) in [5.41, 5.74) is 1.09. The average Bonchev–Trinajstić information content (AvgIpc) is 2.75. The zero-order chi connectivity index (χ0) is 12.4. The summed E-state index contributed by atoms with van der Waals surface area (Å²) >= 11 is 0. The van der Waals surface area contributed by atoms with Crippen molar-refractivity contribution < 1.29 is 0 Å². The van der Waals surface area contributed by atoms with E-state index in [2.05, 4.69) is 37.3 Å². The Hall–Kier alpha value is -0.860. The van der Waals surface area contributed by atoms with Crippen LogP contribution < -0.4 is 0 Å². The molecule has 0 saturated heterocycles. The van der Waals surface area contributed by atoms with Gasteiger partial charge in [0.15, 0.2) is 0 Å². The molecule has 1 rings (SSSR count). The van der Waals surface area contributed by atoms with Gasteiger partial charge < -0.3 is 0 Å². The Labute approximate surface area is 100 Å². The zero-order valence-electron chi connectivity index (χ0n) is 11.5. The second-order valence-electron chi connectivity index (χ2n) is 4.22. The highest BCUT2D eigenvalue weighted by Crippen LogP contribution is 2.07. The number of hydrogen-bond donors (Lipinski definition) is 0. The SMILES string of the molecule is CC.CCc1cn(CCCCC(C)C)nn1. The lowest BCUT2D eigenvalue weighted by atomic mass is 10.1. The van der Waals surface area contributed by atoms with Gasteiger partial charge in [-0.1, -0.05) is 52.7 Å². The van der Waals surface area contributed by atoms with Gasteiger partial charge in [0, 0.05) is 12.7 Å². The maximum absolute atomic E-state index is 4.07. The number of aryl methyl sites for hydroxylation is 2. The normalized spacial score (nSPS) is 10.1. The molecule has 0 amide bonds. The molecule has 0 aliphatic carbocycles. The minimum Gasteiger partial charge on any atom is -0.252 e. The van der Waals surface area contributed by atoms with Crippen molar-refractivity contribution >= 4 is 0 Å². The van der Waals surface area contributed by atoms with E-state index in [-0.39, 0.29) is 0 Å². The van der Waals surface area contributed by atoms with Gasteiger partial charge in [-0.2, -0.15) is 0 Å². The van der Waals surface area contributed by atoms with Crippen molar-refractivity contribution in [3.05, 3.63) is 11.9 Å². The van der Waals surface area contributed by atoms with Gasteiger partial charge >= 0.3 is 0 Å². The van der Waals surface area contributed by atoms with Crippen LogP contribution in [0, 0.1) is 5.92 Å². The van der Waals surface area contributed by atoms with Crippen LogP contribution in [0.15, 0.2) is 6.20 Å². The molecule has 1 aromatic heterocycles. The molecule has 1 aromatic rings. The third-order valence-corrected chi connectivity index (χ3v) is 2.37. The van der Waals surface area contributed by atoms with E-state index in [9.17, 15) is 0 Å². The van der Waals surface area contributed by atoms with Crippen molar-refractivity contribution in [1.82, 2.24) is 15.0 Å². The lowest BCUT2D eigenvalue weighted by molar-refractivity contribution is 0.485. The van der Waals surface area contributed by atoms with Gasteiger partial charge in [-0.25, -0.2) is 0 Å². The molecule has 0 spiro atoms. The molecule has 0 aliphatic heterocycles. The molecule has 0 bridgehead atoms. The number of aromatic nitrogens is 3. The minimum atomic E-state index is 0.817. The maximum Gasteiger partial charge on any atom is 0.0824 e. The van der Waals surface area contributed by atoms with Crippen molar-refractivity contribution in [2.24, 2.45) is 5.92 Å². The molecule has 0 aliphatic rings. The summed E-state index contributed by atoms with van der Waals surface area (Å²) in [6.07, 6.45) is 6.85. The second-order valence-corrected chi connectivity index (χ2v) is 4.22. The topological polar surface area (TPSA) is 30.7 Å². The highest BCUT2D eigenvalue weighted by molar-refractivity contribution is 4.90. The molecule has 3 heteroatoms. The molecule has 0 unspecified atom stereocenters. The molecule has 1 heterocycles. The van der Waals surface area contributed by atoms with E-state index < -0.39 is 0 Å². The highest BCUT2D eigenvalue weighted by Gasteiger charge is 1.98. The average molecular weight is 225 g/mol. The van der Waals surface area contributed by atoms with E-state index in [0.29, 0.717) is 0 Å². The summed E-state index contributed by atoms with van der Waals surface area (Å²) in [4.78, 5) is 0. The fourth-order valence-electron chi connectivity index (χ4n) is 1.44. The van der Waals surface area contributed by atoms with E-state index in [4.69, 9.17) is 0 Å². The number of unbranched alkanes of at least 4 members (excludes halogenated alkanes) is 1. The first-order valence-electron chi connectivity index (χ1n) is 6.61. The first-order valence-corrected chi connectivity index (χ1v) is 6.61. The van der Waals surface area contributed by atoms with E-state index in [1.165, 1.54) is 19.3 Å². The molecule has 0 radical (unpaired) electrons. The van der Waals surface area contributed by atoms with Gasteiger partial charge in [-0.15, -0.1) is 5.10 Å². The molecule has 0 aromatic carbocycles. The van der Waals surface area contributed by atoms with Gasteiger partial charge in [0.25, 0.3) is 0 Å². The van der Waals surface area contributed by atoms with Crippen LogP contribution in [-0.2, 0) is 13.0 Å². The maximum atomic E-state index is 4.07. The van der Waals surface area contributed by atoms with Crippen molar-refractivity contribution in [2.45, 2.75) is 66.8 Å². The van der Waals surface area contributed by atoms with Crippen LogP contribution in [0.1, 0.15) is 59.6 Å². The predicted octanol–water partition coefficient (Wildman–Crippen LogP) is 3.69. The van der Waals surface area contributed by atoms with Gasteiger partial charge in [-0.3, -0.25) is 4.68 Å². The Balaban J connectivity index is 0.00000106. The number of nitrogens with zero attached hydrogens (tertiary/aromatic N) is 3. The van der Waals surface area contributed by atoms with Crippen LogP contribution in [-0.4, -0.2) is 15.0 Å². The molecule has 0 atom stereocenters. The van der Waals surface area contributed by atoms with Crippen LogP contribution in [0.4, 0.5) is 0 Å². The summed E-state index contributed by atoms with van der Waals surface area (Å²) in [5, 5.41) is 8.13. The first kappa shape index (κ1) is 15.1. The second kappa shape index (κ2) is 9.37. The Morgan fingerprint density at radius 1 is 1.25 bits per heavy atom. The standard InChI is InChI=1S/C11H21N3.C2H6/c1-4-11-9-14(13-12-11)8-6-5-7-10(2)3;1-2/h9-10H,4-8H2,1-3H3;1-2H3. The lowest BCUT2D eigenvalue weighted by Gasteiger charge is -2.03. The fraction of sp³-hybridized carbons (Fsp3) is 0.846. The Morgan fingerprint density at radius 2 is 1.94 bits per heavy atom. The zero-order valence-corrected chi connectivity index (χ0v) is 11.5. The molecule has 3 nitrogen and oxygen atoms in total. The van der Waals surface area contributed by atoms with Gasteiger partial charge in [0.1, 0.15) is 0 Å². The van der Waals surface area contributed by atoms with Crippen molar-refractivity contribution in [3.63, 3.8) is 0 Å². The van der Waals surface area contributed by atoms with E-state index in [0.717, 1.165) is 24.6 Å². The summed E-state index contributed by atoms with van der Waals surface area (Å²) in [6.45, 7) is 11.7. The molecular formula is C13H27N3. The van der Waals surface area contributed by atoms with Crippen molar-refractivity contribution in [1.29, 1.82) is 0 Å². The van der Waals surface area contributed by atoms with Crippen LogP contribution in [0.3, 0.4) is 0 Å². The fourth-order valence-corrected chi connectivity index (χ4v) is 1.44. The number of hydrogen-bond acceptors (Lipinski definition) is 2. The van der Waals surface area contributed by atoms with E-state index >= 15 is 0 Å². The van der Waals surface area contributed by atoms with Gasteiger partial charge in [0.2, 0.25) is 0 Å². The Bertz CT molecular complexity index is 253. The van der Waals surface area contributed by atoms with Crippen LogP contribution in [0.2, 0.25) is 0 Å². The quantitative estimate of drug-likeness (QED) is 0.691. The van der Waals surface area contributed by atoms with Crippen LogP contribution >= 0.6 is 0 Å². The molecule has 0 saturated carbocycles. The predicted molar refractivity (Wildman–Crippen MR) is 69.4 cm³/mol. The summed E-state index contributed by atoms with van der Waals surface area (Å²) in [7, 11) is 0. The third kappa shape index (κ3) is 6.59. The molecule has 0 N–H and O–H groups in total. The highest BCUT2D eigenvalue weighted by atomic mass is 15.4. The molecule has 94 valence electrons. The van der Waals surface area contributed by atoms with Crippen LogP contribution in [0.25, 0.3) is 0 Å². The van der Waals surface area contributed by atoms with E-state index in [1.54, 1.807) is 0 Å². The smallest absolute Gasteiger partial charge is 0.0824 e. The van der Waals surface area contributed by atoms with Gasteiger partial charge in [-0.05, 0) is 18.8 Å². The molecular weight excluding hydrogens is 198 g/mol. The Morgan fingerprint density at radius 3 is 2.44 bits per heavy atom. The van der Waals surface area contributed by atoms with Crippen LogP contribution in [0.5, 0.6) is 0 Å². The summed E-state index contributed by atoms with van der Waals surface area (Å²) in [6, 6.07) is 0. The monoisotopic (exact) mass is 225 g/mol. The molecule has 0 fully saturated rings.